The Morgan fingerprint density at radius 1 is 1.03 bits per heavy atom. The third-order valence-electron chi connectivity index (χ3n) is 11.8. The van der Waals surface area contributed by atoms with Crippen LogP contribution in [0.15, 0.2) is 60.0 Å². The Morgan fingerprint density at radius 2 is 1.95 bits per heavy atom. The molecule has 6 aliphatic rings. The van der Waals surface area contributed by atoms with Crippen molar-refractivity contribution in [2.45, 2.75) is 107 Å². The van der Waals surface area contributed by atoms with Gasteiger partial charge in [-0.05, 0) is 123 Å². The van der Waals surface area contributed by atoms with Crippen molar-refractivity contribution >= 4 is 10.8 Å². The highest BCUT2D eigenvalue weighted by Gasteiger charge is 2.65. The van der Waals surface area contributed by atoms with Crippen molar-refractivity contribution in [3.63, 3.8) is 0 Å². The van der Waals surface area contributed by atoms with E-state index in [1.807, 2.05) is 12.4 Å². The van der Waals surface area contributed by atoms with Gasteiger partial charge >= 0.3 is 0 Å². The highest BCUT2D eigenvalue weighted by Crippen LogP contribution is 2.67. The van der Waals surface area contributed by atoms with Gasteiger partial charge in [-0.15, -0.1) is 0 Å². The molecule has 200 valence electrons. The fraction of sp³-hybridized carbons (Fsp3) is 0.618. The lowest BCUT2D eigenvalue weighted by molar-refractivity contribution is -0.155. The first kappa shape index (κ1) is 23.8. The number of hydrogen-bond donors (Lipinski definition) is 0. The van der Waals surface area contributed by atoms with E-state index < -0.39 is 5.67 Å². The largest absolute Gasteiger partial charge is 0.359 e. The van der Waals surface area contributed by atoms with Gasteiger partial charge in [-0.1, -0.05) is 31.2 Å². The Labute approximate surface area is 226 Å². The number of hydrogen-bond acceptors (Lipinski definition) is 3. The van der Waals surface area contributed by atoms with E-state index in [4.69, 9.17) is 4.74 Å². The molecule has 2 saturated carbocycles. The molecule has 0 amide bonds. The molecule has 1 aromatic carbocycles. The standard InChI is InChI=1S/C34H41FN2O/c1-31-11-9-28-18-27-6-7-29(37-16-14-32(2,35)22-37)20-33(27)12-13-34(28,38-33)30(31)8-5-25(19-31)24-4-3-23-10-15-36-21-26(23)17-24/h3-4,9-10,15,17-18,21,25,29-30H,5-8,11-14,16,19-20,22H2,1-2H3/t25?,29?,30-,31?,32?,33-,34-/m1/s1. The number of pyridine rings is 1. The summed E-state index contributed by atoms with van der Waals surface area (Å²) in [7, 11) is 0. The van der Waals surface area contributed by atoms with Crippen LogP contribution in [-0.4, -0.2) is 45.9 Å². The number of rotatable bonds is 2. The average molecular weight is 513 g/mol. The number of halogens is 1. The number of alkyl halides is 1. The van der Waals surface area contributed by atoms with Crippen molar-refractivity contribution in [1.29, 1.82) is 0 Å². The molecular formula is C34H41FN2O. The molecule has 4 fully saturated rings. The van der Waals surface area contributed by atoms with Gasteiger partial charge in [-0.2, -0.15) is 0 Å². The maximum absolute atomic E-state index is 14.7. The van der Waals surface area contributed by atoms with Gasteiger partial charge < -0.3 is 4.74 Å². The first-order chi connectivity index (χ1) is 18.3. The van der Waals surface area contributed by atoms with E-state index in [0.717, 1.165) is 45.1 Å². The molecule has 8 rings (SSSR count). The normalized spacial score (nSPS) is 44.2. The van der Waals surface area contributed by atoms with E-state index in [2.05, 4.69) is 53.2 Å². The van der Waals surface area contributed by atoms with Gasteiger partial charge in [0.15, 0.2) is 0 Å². The molecule has 0 N–H and O–H groups in total. The summed E-state index contributed by atoms with van der Waals surface area (Å²) in [4.78, 5) is 6.81. The van der Waals surface area contributed by atoms with Crippen LogP contribution < -0.4 is 0 Å². The predicted molar refractivity (Wildman–Crippen MR) is 150 cm³/mol. The van der Waals surface area contributed by atoms with Crippen molar-refractivity contribution in [3.05, 3.63) is 65.5 Å². The Hall–Kier alpha value is -2.04. The van der Waals surface area contributed by atoms with Crippen molar-refractivity contribution < 1.29 is 9.13 Å². The van der Waals surface area contributed by atoms with E-state index in [9.17, 15) is 4.39 Å². The molecule has 4 unspecified atom stereocenters. The van der Waals surface area contributed by atoms with Gasteiger partial charge in [-0.3, -0.25) is 9.88 Å². The molecule has 1 aromatic heterocycles. The number of likely N-dealkylation sites (tertiary alicyclic amines) is 1. The van der Waals surface area contributed by atoms with Crippen molar-refractivity contribution in [3.8, 4) is 0 Å². The van der Waals surface area contributed by atoms with Crippen LogP contribution >= 0.6 is 0 Å². The number of aromatic nitrogens is 1. The summed E-state index contributed by atoms with van der Waals surface area (Å²) >= 11 is 0. The Bertz CT molecular complexity index is 1360. The minimum absolute atomic E-state index is 0.115. The highest BCUT2D eigenvalue weighted by atomic mass is 19.1. The maximum atomic E-state index is 14.7. The van der Waals surface area contributed by atoms with Gasteiger partial charge in [0.1, 0.15) is 5.67 Å². The third kappa shape index (κ3) is 3.41. The third-order valence-corrected chi connectivity index (χ3v) is 11.8. The van der Waals surface area contributed by atoms with E-state index in [-0.39, 0.29) is 16.6 Å². The molecule has 3 aliphatic carbocycles. The zero-order valence-electron chi connectivity index (χ0n) is 23.0. The van der Waals surface area contributed by atoms with Crippen LogP contribution in [0.3, 0.4) is 0 Å². The minimum atomic E-state index is -1.03. The topological polar surface area (TPSA) is 25.4 Å². The van der Waals surface area contributed by atoms with Gasteiger partial charge in [0, 0.05) is 36.9 Å². The molecule has 2 bridgehead atoms. The van der Waals surface area contributed by atoms with Crippen molar-refractivity contribution in [2.24, 2.45) is 11.3 Å². The molecule has 0 radical (unpaired) electrons. The fourth-order valence-corrected chi connectivity index (χ4v) is 9.88. The summed E-state index contributed by atoms with van der Waals surface area (Å²) in [5.41, 5.74) is 3.51. The Balaban J connectivity index is 1.08. The summed E-state index contributed by atoms with van der Waals surface area (Å²) in [5.74, 6) is 1.17. The first-order valence-electron chi connectivity index (χ1n) is 15.2. The summed E-state index contributed by atoms with van der Waals surface area (Å²) in [6.45, 7) is 5.83. The van der Waals surface area contributed by atoms with E-state index in [0.29, 0.717) is 30.8 Å². The molecule has 2 spiro atoms. The lowest BCUT2D eigenvalue weighted by atomic mass is 9.52. The maximum Gasteiger partial charge on any atom is 0.122 e. The van der Waals surface area contributed by atoms with Gasteiger partial charge in [-0.25, -0.2) is 4.39 Å². The summed E-state index contributed by atoms with van der Waals surface area (Å²) in [6.07, 6.45) is 20.2. The second-order valence-electron chi connectivity index (χ2n) is 14.2. The van der Waals surface area contributed by atoms with Gasteiger partial charge in [0.25, 0.3) is 0 Å². The summed E-state index contributed by atoms with van der Waals surface area (Å²) in [6, 6.07) is 9.59. The van der Waals surface area contributed by atoms with Crippen LogP contribution in [0.5, 0.6) is 0 Å². The van der Waals surface area contributed by atoms with Crippen LogP contribution in [0.4, 0.5) is 4.39 Å². The van der Waals surface area contributed by atoms with Gasteiger partial charge in [0.2, 0.25) is 0 Å². The Morgan fingerprint density at radius 3 is 2.82 bits per heavy atom. The summed E-state index contributed by atoms with van der Waals surface area (Å²) < 4.78 is 22.2. The average Bonchev–Trinajstić information content (AvgIpc) is 3.43. The van der Waals surface area contributed by atoms with Gasteiger partial charge in [0.05, 0.1) is 11.2 Å². The van der Waals surface area contributed by atoms with E-state index in [1.165, 1.54) is 46.7 Å². The van der Waals surface area contributed by atoms with Crippen LogP contribution in [0.1, 0.15) is 89.5 Å². The molecular weight excluding hydrogens is 471 g/mol. The van der Waals surface area contributed by atoms with Crippen LogP contribution in [0.25, 0.3) is 10.8 Å². The molecule has 4 heteroatoms. The molecule has 3 aliphatic heterocycles. The molecule has 3 nitrogen and oxygen atoms in total. The zero-order chi connectivity index (χ0) is 25.8. The quantitative estimate of drug-likeness (QED) is 0.413. The first-order valence-corrected chi connectivity index (χ1v) is 15.2. The second kappa shape index (κ2) is 8.01. The number of nitrogens with zero attached hydrogens (tertiary/aromatic N) is 2. The lowest BCUT2D eigenvalue weighted by Gasteiger charge is -2.58. The zero-order valence-corrected chi connectivity index (χ0v) is 23.0. The number of fused-ring (bicyclic) bond motifs is 2. The molecule has 4 heterocycles. The molecule has 2 aromatic rings. The van der Waals surface area contributed by atoms with Crippen molar-refractivity contribution in [1.82, 2.24) is 9.88 Å². The Kier molecular flexibility index (Phi) is 5.02. The number of allylic oxidation sites excluding steroid dienone is 1. The van der Waals surface area contributed by atoms with Crippen molar-refractivity contribution in [2.75, 3.05) is 13.1 Å². The number of benzene rings is 1. The number of ether oxygens (including phenoxy) is 1. The second-order valence-corrected chi connectivity index (χ2v) is 14.2. The molecule has 38 heavy (non-hydrogen) atoms. The molecule has 7 atom stereocenters. The fourth-order valence-electron chi connectivity index (χ4n) is 9.88. The smallest absolute Gasteiger partial charge is 0.122 e. The monoisotopic (exact) mass is 512 g/mol. The molecule has 2 saturated heterocycles. The van der Waals surface area contributed by atoms with E-state index in [1.54, 1.807) is 6.92 Å². The highest BCUT2D eigenvalue weighted by molar-refractivity contribution is 5.82. The van der Waals surface area contributed by atoms with Crippen LogP contribution in [-0.2, 0) is 4.74 Å². The SMILES string of the molecule is CC1(F)CCN(C2CCC3=CC4=CCC5(C)CC(c6ccc7ccncc7c6)CC[C@H]5[C@@]45CC[C@]3(C2)O5)C1. The van der Waals surface area contributed by atoms with Crippen LogP contribution in [0.2, 0.25) is 0 Å². The van der Waals surface area contributed by atoms with Crippen LogP contribution in [0, 0.1) is 11.3 Å². The van der Waals surface area contributed by atoms with E-state index >= 15 is 0 Å². The summed E-state index contributed by atoms with van der Waals surface area (Å²) in [5, 5.41) is 2.53. The lowest BCUT2D eigenvalue weighted by Crippen LogP contribution is -2.57. The predicted octanol–water partition coefficient (Wildman–Crippen LogP) is 7.67. The minimum Gasteiger partial charge on any atom is -0.359 e.